The number of alkyl halides is 3. The Morgan fingerprint density at radius 3 is 1.92 bits per heavy atom. The third-order valence-corrected chi connectivity index (χ3v) is 1.13. The Kier molecular flexibility index (Phi) is 1.95. The van der Waals surface area contributed by atoms with Crippen LogP contribution in [0.5, 0.6) is 0 Å². The van der Waals surface area contributed by atoms with E-state index in [-0.39, 0.29) is 0 Å². The molecule has 7 heteroatoms. The molecule has 0 bridgehead atoms. The van der Waals surface area contributed by atoms with Crippen molar-refractivity contribution in [2.45, 2.75) is 6.18 Å². The van der Waals surface area contributed by atoms with Gasteiger partial charge in [-0.25, -0.2) is 10.3 Å². The van der Waals surface area contributed by atoms with E-state index in [4.69, 9.17) is 10.5 Å². The van der Waals surface area contributed by atoms with Crippen molar-refractivity contribution in [3.05, 3.63) is 11.4 Å². The summed E-state index contributed by atoms with van der Waals surface area (Å²) in [4.78, 5) is 2.85. The summed E-state index contributed by atoms with van der Waals surface area (Å²) in [6, 6.07) is 2.69. The van der Waals surface area contributed by atoms with Crippen LogP contribution in [0.1, 0.15) is 0 Å². The molecule has 0 atom stereocenters. The van der Waals surface area contributed by atoms with Crippen LogP contribution in [0.2, 0.25) is 0 Å². The van der Waals surface area contributed by atoms with E-state index in [9.17, 15) is 13.2 Å². The van der Waals surface area contributed by atoms with E-state index in [0.29, 0.717) is 0 Å². The molecule has 0 aromatic rings. The number of amidine groups is 1. The van der Waals surface area contributed by atoms with Crippen LogP contribution >= 0.6 is 0 Å². The van der Waals surface area contributed by atoms with Crippen molar-refractivity contribution in [3.8, 4) is 12.1 Å². The van der Waals surface area contributed by atoms with Gasteiger partial charge in [-0.05, 0) is 0 Å². The second-order valence-corrected chi connectivity index (χ2v) is 1.97. The van der Waals surface area contributed by atoms with Gasteiger partial charge in [0.25, 0.3) is 0 Å². The van der Waals surface area contributed by atoms with Crippen molar-refractivity contribution in [1.82, 2.24) is 5.32 Å². The first-order valence-corrected chi connectivity index (χ1v) is 2.91. The van der Waals surface area contributed by atoms with E-state index in [1.165, 1.54) is 12.1 Å². The quantitative estimate of drug-likeness (QED) is 0.560. The molecular formula is C6F3N4. The summed E-state index contributed by atoms with van der Waals surface area (Å²) < 4.78 is 35.7. The van der Waals surface area contributed by atoms with Crippen molar-refractivity contribution in [2.75, 3.05) is 0 Å². The maximum Gasteiger partial charge on any atom is 0.451 e. The molecule has 0 aromatic heterocycles. The van der Waals surface area contributed by atoms with Gasteiger partial charge in [0.15, 0.2) is 11.4 Å². The largest absolute Gasteiger partial charge is 0.451 e. The van der Waals surface area contributed by atoms with Crippen LogP contribution in [0.15, 0.2) is 16.4 Å². The smallest absolute Gasteiger partial charge is 0.210 e. The first-order valence-electron chi connectivity index (χ1n) is 2.91. The summed E-state index contributed by atoms with van der Waals surface area (Å²) in [5, 5.41) is 19.4. The minimum atomic E-state index is -4.72. The van der Waals surface area contributed by atoms with Crippen LogP contribution in [-0.4, -0.2) is 12.0 Å². The SMILES string of the molecule is N#CC1=C(C#N)N=C(C(F)(F)F)[N]1. The summed E-state index contributed by atoms with van der Waals surface area (Å²) in [7, 11) is 0. The van der Waals surface area contributed by atoms with E-state index in [0.717, 1.165) is 0 Å². The fourth-order valence-electron chi connectivity index (χ4n) is 0.625. The van der Waals surface area contributed by atoms with Crippen LogP contribution in [0.3, 0.4) is 0 Å². The van der Waals surface area contributed by atoms with E-state index in [1.807, 2.05) is 0 Å². The molecule has 0 unspecified atom stereocenters. The van der Waals surface area contributed by atoms with Gasteiger partial charge in [-0.15, -0.1) is 0 Å². The van der Waals surface area contributed by atoms with Gasteiger partial charge in [0.1, 0.15) is 12.1 Å². The Bertz CT molecular complexity index is 376. The molecule has 1 aliphatic heterocycles. The zero-order valence-electron chi connectivity index (χ0n) is 5.92. The molecule has 0 spiro atoms. The predicted molar refractivity (Wildman–Crippen MR) is 33.9 cm³/mol. The molecule has 0 aliphatic carbocycles. The van der Waals surface area contributed by atoms with E-state index in [1.54, 1.807) is 0 Å². The number of allylic oxidation sites excluding steroid dienone is 2. The van der Waals surface area contributed by atoms with Gasteiger partial charge in [0, 0.05) is 0 Å². The van der Waals surface area contributed by atoms with Gasteiger partial charge < -0.3 is 0 Å². The summed E-state index contributed by atoms with van der Waals surface area (Å²) in [6.07, 6.45) is -4.72. The number of rotatable bonds is 0. The maximum absolute atomic E-state index is 11.9. The van der Waals surface area contributed by atoms with Gasteiger partial charge in [0.2, 0.25) is 5.84 Å². The molecular weight excluding hydrogens is 185 g/mol. The Labute approximate surface area is 70.6 Å². The Morgan fingerprint density at radius 2 is 1.62 bits per heavy atom. The second-order valence-electron chi connectivity index (χ2n) is 1.97. The van der Waals surface area contributed by atoms with Gasteiger partial charge in [0.05, 0.1) is 0 Å². The summed E-state index contributed by atoms with van der Waals surface area (Å²) in [6.45, 7) is 0. The monoisotopic (exact) mass is 185 g/mol. The van der Waals surface area contributed by atoms with E-state index >= 15 is 0 Å². The van der Waals surface area contributed by atoms with Crippen LogP contribution in [0, 0.1) is 22.7 Å². The molecule has 0 fully saturated rings. The van der Waals surface area contributed by atoms with Crippen molar-refractivity contribution in [2.24, 2.45) is 4.99 Å². The van der Waals surface area contributed by atoms with Crippen molar-refractivity contribution >= 4 is 5.84 Å². The molecule has 0 N–H and O–H groups in total. The highest BCUT2D eigenvalue weighted by molar-refractivity contribution is 5.93. The first kappa shape index (κ1) is 9.07. The summed E-state index contributed by atoms with van der Waals surface area (Å²) >= 11 is 0. The zero-order valence-corrected chi connectivity index (χ0v) is 5.92. The number of nitriles is 2. The molecule has 0 saturated heterocycles. The lowest BCUT2D eigenvalue weighted by atomic mass is 10.4. The van der Waals surface area contributed by atoms with Crippen LogP contribution < -0.4 is 5.32 Å². The number of halogens is 3. The average Bonchev–Trinajstić information content (AvgIpc) is 2.45. The van der Waals surface area contributed by atoms with Crippen molar-refractivity contribution < 1.29 is 13.2 Å². The standard InChI is InChI=1S/C6F3N4/c7-6(8,9)5-12-3(1-10)4(2-11)13-5. The summed E-state index contributed by atoms with van der Waals surface area (Å²) in [5.74, 6) is -1.46. The van der Waals surface area contributed by atoms with Gasteiger partial charge in [-0.3, -0.25) is 0 Å². The third-order valence-electron chi connectivity index (χ3n) is 1.13. The highest BCUT2D eigenvalue weighted by Gasteiger charge is 2.41. The Morgan fingerprint density at radius 1 is 1.08 bits per heavy atom. The van der Waals surface area contributed by atoms with E-state index in [2.05, 4.69) is 10.3 Å². The van der Waals surface area contributed by atoms with Crippen molar-refractivity contribution in [3.63, 3.8) is 0 Å². The van der Waals surface area contributed by atoms with E-state index < -0.39 is 23.4 Å². The maximum atomic E-state index is 11.9. The molecule has 0 saturated carbocycles. The predicted octanol–water partition coefficient (Wildman–Crippen LogP) is 0.824. The minimum absolute atomic E-state index is 0.602. The second kappa shape index (κ2) is 2.79. The highest BCUT2D eigenvalue weighted by Crippen LogP contribution is 2.23. The Balaban J connectivity index is 3.00. The van der Waals surface area contributed by atoms with Crippen LogP contribution in [0.25, 0.3) is 0 Å². The lowest BCUT2D eigenvalue weighted by molar-refractivity contribution is -0.0611. The molecule has 65 valence electrons. The summed E-state index contributed by atoms with van der Waals surface area (Å²) in [5.41, 5.74) is -1.20. The van der Waals surface area contributed by atoms with Gasteiger partial charge in [-0.1, -0.05) is 0 Å². The first-order chi connectivity index (χ1) is 5.99. The molecule has 1 radical (unpaired) electrons. The molecule has 0 amide bonds. The molecule has 13 heavy (non-hydrogen) atoms. The molecule has 1 heterocycles. The fraction of sp³-hybridized carbons (Fsp3) is 0.167. The normalized spacial score (nSPS) is 15.9. The van der Waals surface area contributed by atoms with Crippen LogP contribution in [-0.2, 0) is 0 Å². The lowest BCUT2D eigenvalue weighted by Crippen LogP contribution is -2.28. The average molecular weight is 185 g/mol. The van der Waals surface area contributed by atoms with Gasteiger partial charge >= 0.3 is 6.18 Å². The molecule has 4 nitrogen and oxygen atoms in total. The zero-order chi connectivity index (χ0) is 10.1. The number of nitrogens with zero attached hydrogens (tertiary/aromatic N) is 4. The topological polar surface area (TPSA) is 74.0 Å². The van der Waals surface area contributed by atoms with Crippen molar-refractivity contribution in [1.29, 1.82) is 10.5 Å². The molecule has 1 rings (SSSR count). The third kappa shape index (κ3) is 1.59. The lowest BCUT2D eigenvalue weighted by Gasteiger charge is -2.02. The number of hydrogen-bond acceptors (Lipinski definition) is 3. The number of hydrogen-bond donors (Lipinski definition) is 0. The number of aliphatic imine (C=N–C) groups is 1. The highest BCUT2D eigenvalue weighted by atomic mass is 19.4. The Hall–Kier alpha value is -2.02. The minimum Gasteiger partial charge on any atom is -0.210 e. The van der Waals surface area contributed by atoms with Crippen LogP contribution in [0.4, 0.5) is 13.2 Å². The molecule has 0 aromatic carbocycles. The van der Waals surface area contributed by atoms with Gasteiger partial charge in [-0.2, -0.15) is 23.7 Å². The fourth-order valence-corrected chi connectivity index (χ4v) is 0.625. The molecule has 1 aliphatic rings.